The summed E-state index contributed by atoms with van der Waals surface area (Å²) in [4.78, 5) is 0. The van der Waals surface area contributed by atoms with Gasteiger partial charge in [0.2, 0.25) is 0 Å². The van der Waals surface area contributed by atoms with Crippen LogP contribution in [-0.4, -0.2) is 14.2 Å². The molecule has 1 rings (SSSR count). The van der Waals surface area contributed by atoms with Gasteiger partial charge in [-0.25, -0.2) is 0 Å². The van der Waals surface area contributed by atoms with Crippen LogP contribution in [0.15, 0.2) is 12.1 Å². The Hall–Kier alpha value is -1.18. The predicted molar refractivity (Wildman–Crippen MR) is 53.7 cm³/mol. The molecule has 0 radical (unpaired) electrons. The van der Waals surface area contributed by atoms with Crippen LogP contribution in [-0.2, 0) is 6.42 Å². The van der Waals surface area contributed by atoms with Crippen molar-refractivity contribution in [3.8, 4) is 11.5 Å². The van der Waals surface area contributed by atoms with Crippen LogP contribution in [0.3, 0.4) is 0 Å². The first-order chi connectivity index (χ1) is 6.24. The van der Waals surface area contributed by atoms with E-state index in [2.05, 4.69) is 19.1 Å². The summed E-state index contributed by atoms with van der Waals surface area (Å²) in [7, 11) is 3.35. The molecule has 0 aliphatic carbocycles. The van der Waals surface area contributed by atoms with Gasteiger partial charge in [-0.1, -0.05) is 19.1 Å². The van der Waals surface area contributed by atoms with E-state index in [1.54, 1.807) is 14.2 Å². The average molecular weight is 180 g/mol. The molecule has 0 heterocycles. The molecule has 1 aromatic carbocycles. The number of hydrogen-bond acceptors (Lipinski definition) is 2. The van der Waals surface area contributed by atoms with Crippen LogP contribution >= 0.6 is 0 Å². The van der Waals surface area contributed by atoms with E-state index in [4.69, 9.17) is 9.47 Å². The molecule has 0 aliphatic rings. The first kappa shape index (κ1) is 9.90. The van der Waals surface area contributed by atoms with Crippen molar-refractivity contribution in [2.45, 2.75) is 20.3 Å². The third-order valence-electron chi connectivity index (χ3n) is 2.18. The van der Waals surface area contributed by atoms with Crippen LogP contribution in [0.5, 0.6) is 11.5 Å². The Labute approximate surface area is 79.5 Å². The van der Waals surface area contributed by atoms with Crippen LogP contribution in [0, 0.1) is 6.92 Å². The molecule has 1 aromatic rings. The lowest BCUT2D eigenvalue weighted by Gasteiger charge is -2.13. The average Bonchev–Trinajstić information content (AvgIpc) is 2.17. The van der Waals surface area contributed by atoms with E-state index in [-0.39, 0.29) is 0 Å². The summed E-state index contributed by atoms with van der Waals surface area (Å²) in [5.41, 5.74) is 2.29. The monoisotopic (exact) mass is 180 g/mol. The zero-order valence-corrected chi connectivity index (χ0v) is 8.68. The van der Waals surface area contributed by atoms with E-state index in [0.29, 0.717) is 0 Å². The van der Waals surface area contributed by atoms with E-state index >= 15 is 0 Å². The van der Waals surface area contributed by atoms with Crippen LogP contribution < -0.4 is 9.47 Å². The zero-order valence-electron chi connectivity index (χ0n) is 8.68. The molecule has 0 atom stereocenters. The smallest absolute Gasteiger partial charge is 0.164 e. The minimum atomic E-state index is 0.849. The highest BCUT2D eigenvalue weighted by Crippen LogP contribution is 2.34. The molecule has 0 N–H and O–H groups in total. The van der Waals surface area contributed by atoms with Crippen molar-refractivity contribution in [1.82, 2.24) is 0 Å². The van der Waals surface area contributed by atoms with Gasteiger partial charge in [0.15, 0.2) is 11.5 Å². The summed E-state index contributed by atoms with van der Waals surface area (Å²) < 4.78 is 10.6. The standard InChI is InChI=1S/C11H16O2/c1-5-9-7-6-8(2)10(12-3)11(9)13-4/h6-7H,5H2,1-4H3. The van der Waals surface area contributed by atoms with Crippen molar-refractivity contribution < 1.29 is 9.47 Å². The Kier molecular flexibility index (Phi) is 3.18. The zero-order chi connectivity index (χ0) is 9.84. The molecule has 13 heavy (non-hydrogen) atoms. The topological polar surface area (TPSA) is 18.5 Å². The predicted octanol–water partition coefficient (Wildman–Crippen LogP) is 2.57. The Morgan fingerprint density at radius 2 is 1.69 bits per heavy atom. The summed E-state index contributed by atoms with van der Waals surface area (Å²) in [5, 5.41) is 0. The lowest BCUT2D eigenvalue weighted by Crippen LogP contribution is -1.97. The van der Waals surface area contributed by atoms with E-state index < -0.39 is 0 Å². The maximum atomic E-state index is 5.31. The number of hydrogen-bond donors (Lipinski definition) is 0. The normalized spacial score (nSPS) is 9.85. The molecule has 2 nitrogen and oxygen atoms in total. The first-order valence-corrected chi connectivity index (χ1v) is 4.45. The first-order valence-electron chi connectivity index (χ1n) is 4.45. The van der Waals surface area contributed by atoms with Gasteiger partial charge in [-0.2, -0.15) is 0 Å². The van der Waals surface area contributed by atoms with E-state index in [1.165, 1.54) is 5.56 Å². The molecule has 0 spiro atoms. The maximum absolute atomic E-state index is 5.31. The Morgan fingerprint density at radius 1 is 1.08 bits per heavy atom. The van der Waals surface area contributed by atoms with Crippen molar-refractivity contribution in [3.05, 3.63) is 23.3 Å². The van der Waals surface area contributed by atoms with Gasteiger partial charge < -0.3 is 9.47 Å². The molecule has 0 aliphatic heterocycles. The summed E-state index contributed by atoms with van der Waals surface area (Å²) in [6.45, 7) is 4.12. The van der Waals surface area contributed by atoms with Gasteiger partial charge in [0.1, 0.15) is 0 Å². The summed E-state index contributed by atoms with van der Waals surface area (Å²) in [5.74, 6) is 1.71. The fourth-order valence-electron chi connectivity index (χ4n) is 1.46. The van der Waals surface area contributed by atoms with Crippen LogP contribution in [0.25, 0.3) is 0 Å². The highest BCUT2D eigenvalue weighted by Gasteiger charge is 2.10. The highest BCUT2D eigenvalue weighted by molar-refractivity contribution is 5.51. The second kappa shape index (κ2) is 4.17. The minimum absolute atomic E-state index is 0.849. The third-order valence-corrected chi connectivity index (χ3v) is 2.18. The van der Waals surface area contributed by atoms with E-state index in [9.17, 15) is 0 Å². The quantitative estimate of drug-likeness (QED) is 0.711. The number of aryl methyl sites for hydroxylation is 2. The van der Waals surface area contributed by atoms with E-state index in [0.717, 1.165) is 23.5 Å². The molecular weight excluding hydrogens is 164 g/mol. The van der Waals surface area contributed by atoms with Crippen LogP contribution in [0.4, 0.5) is 0 Å². The highest BCUT2D eigenvalue weighted by atomic mass is 16.5. The van der Waals surface area contributed by atoms with Gasteiger partial charge in [0.25, 0.3) is 0 Å². The third kappa shape index (κ3) is 1.77. The largest absolute Gasteiger partial charge is 0.493 e. The van der Waals surface area contributed by atoms with Gasteiger partial charge >= 0.3 is 0 Å². The summed E-state index contributed by atoms with van der Waals surface area (Å²) >= 11 is 0. The van der Waals surface area contributed by atoms with Crippen molar-refractivity contribution in [2.75, 3.05) is 14.2 Å². The Morgan fingerprint density at radius 3 is 2.15 bits per heavy atom. The second-order valence-corrected chi connectivity index (χ2v) is 2.96. The molecule has 72 valence electrons. The molecule has 2 heteroatoms. The summed E-state index contributed by atoms with van der Waals surface area (Å²) in [6, 6.07) is 4.14. The van der Waals surface area contributed by atoms with Crippen molar-refractivity contribution >= 4 is 0 Å². The van der Waals surface area contributed by atoms with Crippen LogP contribution in [0.2, 0.25) is 0 Å². The van der Waals surface area contributed by atoms with Crippen LogP contribution in [0.1, 0.15) is 18.1 Å². The van der Waals surface area contributed by atoms with Gasteiger partial charge in [-0.15, -0.1) is 0 Å². The Balaban J connectivity index is 3.27. The van der Waals surface area contributed by atoms with Gasteiger partial charge in [0, 0.05) is 0 Å². The van der Waals surface area contributed by atoms with Crippen molar-refractivity contribution in [2.24, 2.45) is 0 Å². The fraction of sp³-hybridized carbons (Fsp3) is 0.455. The molecule has 0 saturated carbocycles. The molecule has 0 bridgehead atoms. The molecule has 0 unspecified atom stereocenters. The summed E-state index contributed by atoms with van der Waals surface area (Å²) in [6.07, 6.45) is 0.958. The number of benzene rings is 1. The Bertz CT molecular complexity index is 292. The maximum Gasteiger partial charge on any atom is 0.164 e. The molecule has 0 aromatic heterocycles. The molecule has 0 saturated heterocycles. The van der Waals surface area contributed by atoms with Gasteiger partial charge in [-0.3, -0.25) is 0 Å². The number of ether oxygens (including phenoxy) is 2. The van der Waals surface area contributed by atoms with Gasteiger partial charge in [-0.05, 0) is 24.5 Å². The SMILES string of the molecule is CCc1ccc(C)c(OC)c1OC. The minimum Gasteiger partial charge on any atom is -0.493 e. The van der Waals surface area contributed by atoms with Gasteiger partial charge in [0.05, 0.1) is 14.2 Å². The molecule has 0 amide bonds. The second-order valence-electron chi connectivity index (χ2n) is 2.96. The van der Waals surface area contributed by atoms with Crippen molar-refractivity contribution in [1.29, 1.82) is 0 Å². The number of methoxy groups -OCH3 is 2. The lowest BCUT2D eigenvalue weighted by atomic mass is 10.1. The fourth-order valence-corrected chi connectivity index (χ4v) is 1.46. The molecular formula is C11H16O2. The van der Waals surface area contributed by atoms with E-state index in [1.807, 2.05) is 6.92 Å². The van der Waals surface area contributed by atoms with Crippen molar-refractivity contribution in [3.63, 3.8) is 0 Å². The number of rotatable bonds is 3. The molecule has 0 fully saturated rings. The lowest BCUT2D eigenvalue weighted by molar-refractivity contribution is 0.350.